The van der Waals surface area contributed by atoms with Crippen molar-refractivity contribution in [2.24, 2.45) is 0 Å². The summed E-state index contributed by atoms with van der Waals surface area (Å²) in [6.45, 7) is 1.43. The maximum Gasteiger partial charge on any atom is 0.144 e. The van der Waals surface area contributed by atoms with Crippen molar-refractivity contribution in [2.75, 3.05) is 23.8 Å². The van der Waals surface area contributed by atoms with Crippen LogP contribution in [0.1, 0.15) is 25.7 Å². The fraction of sp³-hybridized carbons (Fsp3) is 0.571. The van der Waals surface area contributed by atoms with Gasteiger partial charge in [-0.05, 0) is 18.9 Å². The Balaban J connectivity index is 1.93. The molecule has 2 N–H and O–H groups in total. The lowest BCUT2D eigenvalue weighted by Crippen LogP contribution is -2.53. The van der Waals surface area contributed by atoms with E-state index in [9.17, 15) is 4.39 Å². The highest BCUT2D eigenvalue weighted by Gasteiger charge is 2.35. The van der Waals surface area contributed by atoms with Crippen LogP contribution in [0, 0.1) is 5.82 Å². The van der Waals surface area contributed by atoms with Gasteiger partial charge in [-0.1, -0.05) is 24.4 Å². The van der Waals surface area contributed by atoms with E-state index in [4.69, 9.17) is 22.1 Å². The highest BCUT2D eigenvalue weighted by molar-refractivity contribution is 6.31. The topological polar surface area (TPSA) is 38.5 Å². The molecule has 0 aromatic heterocycles. The SMILES string of the molecule is Nc1cc(Cl)c(F)cc1N1CCOC2CCCCC21. The average Bonchev–Trinajstić information content (AvgIpc) is 2.42. The Morgan fingerprint density at radius 1 is 1.32 bits per heavy atom. The number of rotatable bonds is 1. The molecule has 1 heterocycles. The molecular formula is C14H18ClFN2O. The van der Waals surface area contributed by atoms with E-state index in [1.165, 1.54) is 25.0 Å². The Bertz CT molecular complexity index is 481. The Kier molecular flexibility index (Phi) is 3.54. The molecule has 1 saturated heterocycles. The normalized spacial score (nSPS) is 27.2. The van der Waals surface area contributed by atoms with Crippen molar-refractivity contribution in [1.82, 2.24) is 0 Å². The fourth-order valence-electron chi connectivity index (χ4n) is 3.20. The van der Waals surface area contributed by atoms with Crippen molar-refractivity contribution in [3.63, 3.8) is 0 Å². The number of halogens is 2. The molecule has 0 radical (unpaired) electrons. The van der Waals surface area contributed by atoms with Crippen LogP contribution in [0.2, 0.25) is 5.02 Å². The standard InChI is InChI=1S/C14H18ClFN2O/c15-9-7-11(17)13(8-10(9)16)18-5-6-19-14-4-2-1-3-12(14)18/h7-8,12,14H,1-6,17H2. The van der Waals surface area contributed by atoms with Crippen LogP contribution in [0.4, 0.5) is 15.8 Å². The Hall–Kier alpha value is -1.00. The molecule has 104 valence electrons. The van der Waals surface area contributed by atoms with Gasteiger partial charge in [-0.25, -0.2) is 4.39 Å². The van der Waals surface area contributed by atoms with Crippen LogP contribution in [0.5, 0.6) is 0 Å². The first-order chi connectivity index (χ1) is 9.16. The summed E-state index contributed by atoms with van der Waals surface area (Å²) in [6, 6.07) is 3.26. The average molecular weight is 285 g/mol. The van der Waals surface area contributed by atoms with E-state index < -0.39 is 5.82 Å². The lowest BCUT2D eigenvalue weighted by atomic mass is 9.89. The summed E-state index contributed by atoms with van der Waals surface area (Å²) in [5, 5.41) is 0.0784. The highest BCUT2D eigenvalue weighted by Crippen LogP contribution is 2.36. The molecule has 2 aliphatic rings. The van der Waals surface area contributed by atoms with Crippen molar-refractivity contribution < 1.29 is 9.13 Å². The molecule has 0 spiro atoms. The number of ether oxygens (including phenoxy) is 1. The Morgan fingerprint density at radius 2 is 2.11 bits per heavy atom. The van der Waals surface area contributed by atoms with Crippen LogP contribution in [-0.4, -0.2) is 25.3 Å². The van der Waals surface area contributed by atoms with Crippen molar-refractivity contribution >= 4 is 23.0 Å². The van der Waals surface area contributed by atoms with Gasteiger partial charge >= 0.3 is 0 Å². The van der Waals surface area contributed by atoms with E-state index >= 15 is 0 Å². The van der Waals surface area contributed by atoms with E-state index in [2.05, 4.69) is 4.90 Å². The summed E-state index contributed by atoms with van der Waals surface area (Å²) in [5.41, 5.74) is 7.30. The summed E-state index contributed by atoms with van der Waals surface area (Å²) in [7, 11) is 0. The molecule has 19 heavy (non-hydrogen) atoms. The molecule has 1 saturated carbocycles. The molecule has 2 atom stereocenters. The van der Waals surface area contributed by atoms with Gasteiger partial charge in [0.2, 0.25) is 0 Å². The Labute approximate surface area is 117 Å². The van der Waals surface area contributed by atoms with Gasteiger partial charge in [0.1, 0.15) is 5.82 Å². The summed E-state index contributed by atoms with van der Waals surface area (Å²) in [5.74, 6) is -0.412. The Morgan fingerprint density at radius 3 is 2.95 bits per heavy atom. The lowest BCUT2D eigenvalue weighted by Gasteiger charge is -2.45. The predicted molar refractivity (Wildman–Crippen MR) is 75.2 cm³/mol. The molecule has 1 aliphatic heterocycles. The van der Waals surface area contributed by atoms with E-state index in [1.807, 2.05) is 0 Å². The molecule has 0 bridgehead atoms. The van der Waals surface area contributed by atoms with Gasteiger partial charge in [-0.15, -0.1) is 0 Å². The minimum absolute atomic E-state index is 0.0784. The first-order valence-corrected chi connectivity index (χ1v) is 7.17. The molecule has 2 fully saturated rings. The van der Waals surface area contributed by atoms with Crippen LogP contribution < -0.4 is 10.6 Å². The number of nitrogen functional groups attached to an aromatic ring is 1. The van der Waals surface area contributed by atoms with E-state index in [1.54, 1.807) is 0 Å². The lowest BCUT2D eigenvalue weighted by molar-refractivity contribution is -0.00863. The number of anilines is 2. The number of hydrogen-bond donors (Lipinski definition) is 1. The molecule has 1 aliphatic carbocycles. The third-order valence-corrected chi connectivity index (χ3v) is 4.40. The summed E-state index contributed by atoms with van der Waals surface area (Å²) >= 11 is 5.76. The first kappa shape index (κ1) is 13.0. The van der Waals surface area contributed by atoms with Gasteiger partial charge in [0, 0.05) is 12.6 Å². The number of nitrogens with zero attached hydrogens (tertiary/aromatic N) is 1. The van der Waals surface area contributed by atoms with Crippen molar-refractivity contribution in [3.05, 3.63) is 23.0 Å². The largest absolute Gasteiger partial charge is 0.397 e. The van der Waals surface area contributed by atoms with Crippen LogP contribution in [0.25, 0.3) is 0 Å². The molecule has 0 amide bonds. The second-order valence-corrected chi connectivity index (χ2v) is 5.69. The van der Waals surface area contributed by atoms with Crippen LogP contribution >= 0.6 is 11.6 Å². The summed E-state index contributed by atoms with van der Waals surface area (Å²) < 4.78 is 19.5. The number of benzene rings is 1. The monoisotopic (exact) mass is 284 g/mol. The summed E-state index contributed by atoms with van der Waals surface area (Å²) in [6.07, 6.45) is 4.81. The minimum Gasteiger partial charge on any atom is -0.397 e. The van der Waals surface area contributed by atoms with E-state index in [0.717, 1.165) is 25.1 Å². The second-order valence-electron chi connectivity index (χ2n) is 5.28. The fourth-order valence-corrected chi connectivity index (χ4v) is 3.37. The van der Waals surface area contributed by atoms with E-state index in [-0.39, 0.29) is 11.1 Å². The predicted octanol–water partition coefficient (Wildman–Crippen LogP) is 3.21. The van der Waals surface area contributed by atoms with Gasteiger partial charge in [0.15, 0.2) is 0 Å². The quantitative estimate of drug-likeness (QED) is 0.805. The number of morpholine rings is 1. The first-order valence-electron chi connectivity index (χ1n) is 6.79. The zero-order chi connectivity index (χ0) is 13.4. The zero-order valence-electron chi connectivity index (χ0n) is 10.7. The number of fused-ring (bicyclic) bond motifs is 1. The summed E-state index contributed by atoms with van der Waals surface area (Å²) in [4.78, 5) is 2.20. The van der Waals surface area contributed by atoms with Gasteiger partial charge in [-0.2, -0.15) is 0 Å². The van der Waals surface area contributed by atoms with Gasteiger partial charge in [0.05, 0.1) is 35.2 Å². The third kappa shape index (κ3) is 2.39. The molecule has 3 rings (SSSR count). The second kappa shape index (κ2) is 5.17. The number of nitrogens with two attached hydrogens (primary N) is 1. The molecule has 2 unspecified atom stereocenters. The van der Waals surface area contributed by atoms with Crippen LogP contribution in [0.3, 0.4) is 0 Å². The van der Waals surface area contributed by atoms with E-state index in [0.29, 0.717) is 18.3 Å². The minimum atomic E-state index is -0.412. The molecular weight excluding hydrogens is 267 g/mol. The van der Waals surface area contributed by atoms with Gasteiger partial charge in [0.25, 0.3) is 0 Å². The smallest absolute Gasteiger partial charge is 0.144 e. The van der Waals surface area contributed by atoms with Crippen molar-refractivity contribution in [1.29, 1.82) is 0 Å². The zero-order valence-corrected chi connectivity index (χ0v) is 11.5. The van der Waals surface area contributed by atoms with Crippen molar-refractivity contribution in [3.8, 4) is 0 Å². The maximum atomic E-state index is 13.7. The van der Waals surface area contributed by atoms with Gasteiger partial charge in [-0.3, -0.25) is 0 Å². The molecule has 3 nitrogen and oxygen atoms in total. The van der Waals surface area contributed by atoms with Gasteiger partial charge < -0.3 is 15.4 Å². The number of hydrogen-bond acceptors (Lipinski definition) is 3. The molecule has 1 aromatic rings. The molecule has 5 heteroatoms. The van der Waals surface area contributed by atoms with Crippen LogP contribution in [-0.2, 0) is 4.74 Å². The molecule has 1 aromatic carbocycles. The highest BCUT2D eigenvalue weighted by atomic mass is 35.5. The third-order valence-electron chi connectivity index (χ3n) is 4.11. The maximum absolute atomic E-state index is 13.7. The van der Waals surface area contributed by atoms with Crippen molar-refractivity contribution in [2.45, 2.75) is 37.8 Å². The van der Waals surface area contributed by atoms with Crippen LogP contribution in [0.15, 0.2) is 12.1 Å².